The summed E-state index contributed by atoms with van der Waals surface area (Å²) in [5.74, 6) is 3.41. The van der Waals surface area contributed by atoms with E-state index in [1.807, 2.05) is 61.5 Å². The van der Waals surface area contributed by atoms with E-state index in [-0.39, 0.29) is 0 Å². The number of rotatable bonds is 10. The summed E-state index contributed by atoms with van der Waals surface area (Å²) in [5, 5.41) is 0. The molecule has 0 saturated carbocycles. The summed E-state index contributed by atoms with van der Waals surface area (Å²) in [6, 6.07) is 30.8. The van der Waals surface area contributed by atoms with Gasteiger partial charge in [-0.25, -0.2) is 4.42 Å². The molecular formula is C30H31O3+. The van der Waals surface area contributed by atoms with Crippen LogP contribution in [0.25, 0.3) is 33.8 Å². The predicted molar refractivity (Wildman–Crippen MR) is 136 cm³/mol. The number of hydrogen-bond donors (Lipinski definition) is 0. The molecule has 33 heavy (non-hydrogen) atoms. The van der Waals surface area contributed by atoms with Gasteiger partial charge in [0.05, 0.1) is 36.5 Å². The zero-order chi connectivity index (χ0) is 22.9. The van der Waals surface area contributed by atoms with E-state index in [1.54, 1.807) is 0 Å². The molecule has 0 saturated heterocycles. The predicted octanol–water partition coefficient (Wildman–Crippen LogP) is 8.53. The van der Waals surface area contributed by atoms with Crippen molar-refractivity contribution in [3.8, 4) is 45.3 Å². The molecule has 4 aromatic rings. The molecule has 168 valence electrons. The van der Waals surface area contributed by atoms with Gasteiger partial charge in [-0.3, -0.25) is 0 Å². The summed E-state index contributed by atoms with van der Waals surface area (Å²) < 4.78 is 17.8. The largest absolute Gasteiger partial charge is 0.494 e. The van der Waals surface area contributed by atoms with Gasteiger partial charge in [0.15, 0.2) is 0 Å². The van der Waals surface area contributed by atoms with E-state index in [1.165, 1.54) is 12.8 Å². The summed E-state index contributed by atoms with van der Waals surface area (Å²) >= 11 is 0. The van der Waals surface area contributed by atoms with Gasteiger partial charge in [0.1, 0.15) is 11.5 Å². The lowest BCUT2D eigenvalue weighted by Crippen LogP contribution is -1.96. The van der Waals surface area contributed by atoms with Crippen molar-refractivity contribution in [1.29, 1.82) is 0 Å². The molecule has 0 amide bonds. The quantitative estimate of drug-likeness (QED) is 0.183. The molecule has 3 heteroatoms. The Balaban J connectivity index is 1.66. The van der Waals surface area contributed by atoms with Crippen LogP contribution in [0.3, 0.4) is 0 Å². The molecular weight excluding hydrogens is 408 g/mol. The highest BCUT2D eigenvalue weighted by atomic mass is 16.5. The minimum absolute atomic E-state index is 0.648. The first-order chi connectivity index (χ1) is 16.3. The molecule has 0 aliphatic heterocycles. The summed E-state index contributed by atoms with van der Waals surface area (Å²) in [6.45, 7) is 5.60. The van der Waals surface area contributed by atoms with Crippen molar-refractivity contribution in [1.82, 2.24) is 0 Å². The lowest BCUT2D eigenvalue weighted by molar-refractivity contribution is 0.306. The average molecular weight is 440 g/mol. The summed E-state index contributed by atoms with van der Waals surface area (Å²) in [4.78, 5) is 0. The first-order valence-corrected chi connectivity index (χ1v) is 11.8. The van der Waals surface area contributed by atoms with Crippen molar-refractivity contribution in [2.24, 2.45) is 0 Å². The second-order valence-corrected chi connectivity index (χ2v) is 7.98. The van der Waals surface area contributed by atoms with Crippen LogP contribution < -0.4 is 9.47 Å². The minimum Gasteiger partial charge on any atom is -0.494 e. The number of unbranched alkanes of at least 4 members (excludes halogenated alkanes) is 2. The molecule has 0 N–H and O–H groups in total. The van der Waals surface area contributed by atoms with Gasteiger partial charge in [0.25, 0.3) is 0 Å². The van der Waals surface area contributed by atoms with E-state index in [4.69, 9.17) is 13.9 Å². The molecule has 0 fully saturated rings. The Morgan fingerprint density at radius 2 is 1.15 bits per heavy atom. The van der Waals surface area contributed by atoms with E-state index in [0.717, 1.165) is 58.3 Å². The number of ether oxygens (including phenoxy) is 2. The Labute approximate surface area is 196 Å². The topological polar surface area (TPSA) is 29.8 Å². The molecule has 0 atom stereocenters. The first-order valence-electron chi connectivity index (χ1n) is 11.8. The van der Waals surface area contributed by atoms with Gasteiger partial charge < -0.3 is 9.47 Å². The second-order valence-electron chi connectivity index (χ2n) is 7.98. The highest BCUT2D eigenvalue weighted by molar-refractivity contribution is 5.75. The van der Waals surface area contributed by atoms with E-state index >= 15 is 0 Å². The zero-order valence-corrected chi connectivity index (χ0v) is 19.4. The lowest BCUT2D eigenvalue weighted by Gasteiger charge is -2.07. The van der Waals surface area contributed by atoms with Crippen molar-refractivity contribution in [3.05, 3.63) is 91.0 Å². The van der Waals surface area contributed by atoms with Crippen LogP contribution in [0.4, 0.5) is 0 Å². The standard InChI is InChI=1S/C30H31O3/c1-3-5-9-20-32-28-16-12-23(13-17-28)26-21-29(24-10-7-6-8-11-24)33-30(22-26)25-14-18-27(19-15-25)31-4-2/h6-8,10-19,21-22H,3-5,9,20H2,1-2H3/q+1. The van der Waals surface area contributed by atoms with Gasteiger partial charge in [-0.2, -0.15) is 0 Å². The van der Waals surface area contributed by atoms with E-state index in [9.17, 15) is 0 Å². The highest BCUT2D eigenvalue weighted by Crippen LogP contribution is 2.34. The van der Waals surface area contributed by atoms with Crippen LogP contribution in [-0.2, 0) is 0 Å². The molecule has 3 aromatic carbocycles. The molecule has 0 bridgehead atoms. The van der Waals surface area contributed by atoms with Gasteiger partial charge in [-0.05, 0) is 67.4 Å². The zero-order valence-electron chi connectivity index (χ0n) is 19.4. The maximum Gasteiger partial charge on any atom is 0.361 e. The van der Waals surface area contributed by atoms with E-state index in [0.29, 0.717) is 6.61 Å². The van der Waals surface area contributed by atoms with Crippen LogP contribution >= 0.6 is 0 Å². The number of benzene rings is 3. The van der Waals surface area contributed by atoms with Crippen LogP contribution in [-0.4, -0.2) is 13.2 Å². The smallest absolute Gasteiger partial charge is 0.361 e. The SMILES string of the molecule is CCCCCOc1ccc(-c2cc(-c3ccccc3)[o+]c(-c3ccc(OCC)cc3)c2)cc1. The van der Waals surface area contributed by atoms with E-state index < -0.39 is 0 Å². The summed E-state index contributed by atoms with van der Waals surface area (Å²) in [6.07, 6.45) is 3.48. The molecule has 0 spiro atoms. The monoisotopic (exact) mass is 439 g/mol. The van der Waals surface area contributed by atoms with Crippen molar-refractivity contribution >= 4 is 0 Å². The summed E-state index contributed by atoms with van der Waals surface area (Å²) in [7, 11) is 0. The van der Waals surface area contributed by atoms with Crippen molar-refractivity contribution in [3.63, 3.8) is 0 Å². The Morgan fingerprint density at radius 3 is 1.76 bits per heavy atom. The van der Waals surface area contributed by atoms with Crippen molar-refractivity contribution in [2.75, 3.05) is 13.2 Å². The summed E-state index contributed by atoms with van der Waals surface area (Å²) in [5.41, 5.74) is 4.27. The number of hydrogen-bond acceptors (Lipinski definition) is 2. The Hall–Kier alpha value is -3.59. The van der Waals surface area contributed by atoms with Crippen LogP contribution in [0.2, 0.25) is 0 Å². The third kappa shape index (κ3) is 6.01. The molecule has 0 unspecified atom stereocenters. The van der Waals surface area contributed by atoms with Crippen LogP contribution in [0.15, 0.2) is 95.4 Å². The molecule has 0 radical (unpaired) electrons. The molecule has 4 rings (SSSR count). The molecule has 1 heterocycles. The van der Waals surface area contributed by atoms with Gasteiger partial charge in [0, 0.05) is 5.56 Å². The minimum atomic E-state index is 0.648. The highest BCUT2D eigenvalue weighted by Gasteiger charge is 2.20. The molecule has 3 nitrogen and oxygen atoms in total. The van der Waals surface area contributed by atoms with Crippen molar-refractivity contribution in [2.45, 2.75) is 33.1 Å². The molecule has 0 aliphatic rings. The van der Waals surface area contributed by atoms with Gasteiger partial charge >= 0.3 is 11.5 Å². The Morgan fingerprint density at radius 1 is 0.576 bits per heavy atom. The molecule has 1 aromatic heterocycles. The van der Waals surface area contributed by atoms with Gasteiger partial charge in [-0.1, -0.05) is 50.1 Å². The molecule has 0 aliphatic carbocycles. The fraction of sp³-hybridized carbons (Fsp3) is 0.233. The third-order valence-electron chi connectivity index (χ3n) is 5.51. The van der Waals surface area contributed by atoms with Crippen LogP contribution in [0.5, 0.6) is 11.5 Å². The average Bonchev–Trinajstić information content (AvgIpc) is 2.88. The van der Waals surface area contributed by atoms with Gasteiger partial charge in [-0.15, -0.1) is 0 Å². The third-order valence-corrected chi connectivity index (χ3v) is 5.51. The maximum absolute atomic E-state index is 6.35. The van der Waals surface area contributed by atoms with Gasteiger partial charge in [0.2, 0.25) is 0 Å². The van der Waals surface area contributed by atoms with Crippen molar-refractivity contribution < 1.29 is 13.9 Å². The maximum atomic E-state index is 6.35. The fourth-order valence-electron chi connectivity index (χ4n) is 3.72. The van der Waals surface area contributed by atoms with E-state index in [2.05, 4.69) is 43.3 Å². The fourth-order valence-corrected chi connectivity index (χ4v) is 3.72. The Bertz CT molecular complexity index is 1130. The second kappa shape index (κ2) is 11.3. The lowest BCUT2D eigenvalue weighted by atomic mass is 10.0. The van der Waals surface area contributed by atoms with Crippen LogP contribution in [0, 0.1) is 0 Å². The normalized spacial score (nSPS) is 10.7. The Kier molecular flexibility index (Phi) is 7.76. The van der Waals surface area contributed by atoms with Crippen LogP contribution in [0.1, 0.15) is 33.1 Å². The first kappa shape index (κ1) is 22.6.